The molecule has 2 rings (SSSR count). The summed E-state index contributed by atoms with van der Waals surface area (Å²) in [7, 11) is -1.70. The second-order valence-electron chi connectivity index (χ2n) is 3.88. The molecule has 76 valence electrons. The number of nitrogens with zero attached hydrogens (tertiary/aromatic N) is 2. The van der Waals surface area contributed by atoms with Gasteiger partial charge in [0.1, 0.15) is 4.75 Å². The number of fused-ring (bicyclic) bond motifs is 1. The lowest BCUT2D eigenvalue weighted by atomic mass is 10.0. The molecule has 1 aromatic heterocycles. The highest BCUT2D eigenvalue weighted by Gasteiger charge is 2.48. The highest BCUT2D eigenvalue weighted by atomic mass is 32.2. The van der Waals surface area contributed by atoms with E-state index in [1.54, 1.807) is 39.4 Å². The third-order valence-corrected chi connectivity index (χ3v) is 5.22. The molecule has 0 saturated heterocycles. The maximum atomic E-state index is 12.0. The quantitative estimate of drug-likeness (QED) is 0.647. The molecule has 4 nitrogen and oxygen atoms in total. The Balaban J connectivity index is 2.81. The minimum Gasteiger partial charge on any atom is -0.272 e. The topological polar surface area (TPSA) is 50.3 Å². The van der Waals surface area contributed by atoms with E-state index in [1.165, 1.54) is 4.31 Å². The van der Waals surface area contributed by atoms with Crippen LogP contribution in [0.1, 0.15) is 19.4 Å². The van der Waals surface area contributed by atoms with Crippen LogP contribution in [0.5, 0.6) is 0 Å². The summed E-state index contributed by atoms with van der Waals surface area (Å²) in [5, 5.41) is 0. The molecular weight excluding hydrogens is 200 g/mol. The van der Waals surface area contributed by atoms with E-state index < -0.39 is 14.8 Å². The first kappa shape index (κ1) is 9.45. The summed E-state index contributed by atoms with van der Waals surface area (Å²) in [5.41, 5.74) is 1.49. The van der Waals surface area contributed by atoms with Crippen LogP contribution < -0.4 is 4.31 Å². The third kappa shape index (κ3) is 0.877. The Labute approximate surface area is 83.6 Å². The molecule has 0 radical (unpaired) electrons. The summed E-state index contributed by atoms with van der Waals surface area (Å²) in [5.74, 6) is 0. The van der Waals surface area contributed by atoms with E-state index in [4.69, 9.17) is 0 Å². The fourth-order valence-electron chi connectivity index (χ4n) is 1.74. The van der Waals surface area contributed by atoms with Gasteiger partial charge in [0.15, 0.2) is 0 Å². The van der Waals surface area contributed by atoms with Crippen molar-refractivity contribution in [1.29, 1.82) is 0 Å². The molecule has 1 aliphatic rings. The summed E-state index contributed by atoms with van der Waals surface area (Å²) in [6.07, 6.45) is 3.22. The van der Waals surface area contributed by atoms with Crippen molar-refractivity contribution in [2.24, 2.45) is 0 Å². The van der Waals surface area contributed by atoms with Crippen molar-refractivity contribution in [3.63, 3.8) is 0 Å². The largest absolute Gasteiger partial charge is 0.272 e. The first-order chi connectivity index (χ1) is 6.39. The van der Waals surface area contributed by atoms with Gasteiger partial charge < -0.3 is 0 Å². The molecule has 14 heavy (non-hydrogen) atoms. The van der Waals surface area contributed by atoms with E-state index in [2.05, 4.69) is 4.98 Å². The van der Waals surface area contributed by atoms with Crippen molar-refractivity contribution in [3.05, 3.63) is 24.0 Å². The molecule has 0 bridgehead atoms. The van der Waals surface area contributed by atoms with Gasteiger partial charge in [0.2, 0.25) is 10.0 Å². The zero-order chi connectivity index (χ0) is 10.6. The molecule has 1 aromatic rings. The van der Waals surface area contributed by atoms with Crippen LogP contribution >= 0.6 is 0 Å². The number of rotatable bonds is 0. The fourth-order valence-corrected chi connectivity index (χ4v) is 3.27. The number of hydrogen-bond acceptors (Lipinski definition) is 3. The highest BCUT2D eigenvalue weighted by Crippen LogP contribution is 2.44. The van der Waals surface area contributed by atoms with Crippen molar-refractivity contribution < 1.29 is 8.42 Å². The van der Waals surface area contributed by atoms with Crippen LogP contribution in [0.3, 0.4) is 0 Å². The van der Waals surface area contributed by atoms with E-state index in [0.717, 1.165) is 11.3 Å². The number of hydrogen-bond donors (Lipinski definition) is 0. The Morgan fingerprint density at radius 2 is 2.07 bits per heavy atom. The maximum absolute atomic E-state index is 12.0. The van der Waals surface area contributed by atoms with Gasteiger partial charge >= 0.3 is 0 Å². The van der Waals surface area contributed by atoms with Gasteiger partial charge in [-0.15, -0.1) is 0 Å². The lowest BCUT2D eigenvalue weighted by Gasteiger charge is -2.19. The lowest BCUT2D eigenvalue weighted by Crippen LogP contribution is -2.33. The third-order valence-electron chi connectivity index (χ3n) is 2.79. The second kappa shape index (κ2) is 2.48. The van der Waals surface area contributed by atoms with Crippen molar-refractivity contribution in [3.8, 4) is 0 Å². The van der Waals surface area contributed by atoms with Gasteiger partial charge in [-0.1, -0.05) is 0 Å². The summed E-state index contributed by atoms with van der Waals surface area (Å²) in [6, 6.07) is 1.72. The van der Waals surface area contributed by atoms with Crippen molar-refractivity contribution in [2.75, 3.05) is 11.4 Å². The van der Waals surface area contributed by atoms with Crippen LogP contribution in [0.15, 0.2) is 18.5 Å². The predicted octanol–water partition coefficient (Wildman–Crippen LogP) is 1.10. The molecule has 0 N–H and O–H groups in total. The Kier molecular flexibility index (Phi) is 1.67. The minimum absolute atomic E-state index is 0.727. The van der Waals surface area contributed by atoms with E-state index in [0.29, 0.717) is 0 Å². The molecule has 0 atom stereocenters. The van der Waals surface area contributed by atoms with Crippen LogP contribution in [-0.2, 0) is 14.8 Å². The van der Waals surface area contributed by atoms with E-state index >= 15 is 0 Å². The van der Waals surface area contributed by atoms with Crippen molar-refractivity contribution in [1.82, 2.24) is 4.98 Å². The zero-order valence-electron chi connectivity index (χ0n) is 8.35. The van der Waals surface area contributed by atoms with Gasteiger partial charge in [-0.25, -0.2) is 8.42 Å². The molecule has 0 spiro atoms. The lowest BCUT2D eigenvalue weighted by molar-refractivity contribution is 0.561. The smallest absolute Gasteiger partial charge is 0.244 e. The number of aromatic nitrogens is 1. The molecule has 1 aliphatic heterocycles. The Morgan fingerprint density at radius 1 is 1.43 bits per heavy atom. The van der Waals surface area contributed by atoms with Crippen molar-refractivity contribution >= 4 is 15.7 Å². The molecule has 0 fully saturated rings. The summed E-state index contributed by atoms with van der Waals surface area (Å²) in [6.45, 7) is 3.40. The molecule has 0 amide bonds. The van der Waals surface area contributed by atoms with Gasteiger partial charge in [-0.2, -0.15) is 0 Å². The first-order valence-corrected chi connectivity index (χ1v) is 5.76. The predicted molar refractivity (Wildman–Crippen MR) is 54.6 cm³/mol. The van der Waals surface area contributed by atoms with Crippen molar-refractivity contribution in [2.45, 2.75) is 18.6 Å². The van der Waals surface area contributed by atoms with Crippen LogP contribution in [0.4, 0.5) is 5.69 Å². The standard InChI is InChI=1S/C9H12N2O2S/c1-9(2)7-6-10-5-4-8(7)11(3)14(9,12)13/h4-6H,1-3H3. The molecule has 2 heterocycles. The van der Waals surface area contributed by atoms with Crippen LogP contribution in [0.25, 0.3) is 0 Å². The molecule has 0 unspecified atom stereocenters. The first-order valence-electron chi connectivity index (χ1n) is 4.32. The average molecular weight is 212 g/mol. The average Bonchev–Trinajstić information content (AvgIpc) is 2.27. The SMILES string of the molecule is CN1c2ccncc2C(C)(C)S1(=O)=O. The normalized spacial score (nSPS) is 22.1. The van der Waals surface area contributed by atoms with Gasteiger partial charge in [0.05, 0.1) is 5.69 Å². The van der Waals surface area contributed by atoms with Crippen LogP contribution in [0, 0.1) is 0 Å². The molecular formula is C9H12N2O2S. The molecule has 5 heteroatoms. The summed E-state index contributed by atoms with van der Waals surface area (Å²) in [4.78, 5) is 3.96. The number of anilines is 1. The maximum Gasteiger partial charge on any atom is 0.244 e. The van der Waals surface area contributed by atoms with E-state index in [9.17, 15) is 8.42 Å². The van der Waals surface area contributed by atoms with Gasteiger partial charge in [0.25, 0.3) is 0 Å². The van der Waals surface area contributed by atoms with Crippen LogP contribution in [-0.4, -0.2) is 20.4 Å². The fraction of sp³-hybridized carbons (Fsp3) is 0.444. The minimum atomic E-state index is -3.27. The summed E-state index contributed by atoms with van der Waals surface area (Å²) >= 11 is 0. The van der Waals surface area contributed by atoms with E-state index in [1.807, 2.05) is 0 Å². The van der Waals surface area contributed by atoms with Gasteiger partial charge in [-0.3, -0.25) is 9.29 Å². The molecule has 0 aliphatic carbocycles. The molecule has 0 aromatic carbocycles. The number of sulfonamides is 1. The van der Waals surface area contributed by atoms with E-state index in [-0.39, 0.29) is 0 Å². The monoisotopic (exact) mass is 212 g/mol. The second-order valence-corrected chi connectivity index (χ2v) is 6.39. The van der Waals surface area contributed by atoms with Gasteiger partial charge in [-0.05, 0) is 19.9 Å². The highest BCUT2D eigenvalue weighted by molar-refractivity contribution is 7.94. The van der Waals surface area contributed by atoms with Crippen LogP contribution in [0.2, 0.25) is 0 Å². The zero-order valence-corrected chi connectivity index (χ0v) is 9.17. The number of pyridine rings is 1. The van der Waals surface area contributed by atoms with Gasteiger partial charge in [0, 0.05) is 25.0 Å². The Bertz CT molecular complexity index is 479. The Morgan fingerprint density at radius 3 is 2.64 bits per heavy atom. The Hall–Kier alpha value is -1.10. The summed E-state index contributed by atoms with van der Waals surface area (Å²) < 4.78 is 24.4. The molecule has 0 saturated carbocycles.